The van der Waals surface area contributed by atoms with Crippen LogP contribution in [0.2, 0.25) is 0 Å². The number of anilines is 3. The Morgan fingerprint density at radius 2 is 1.87 bits per heavy atom. The van der Waals surface area contributed by atoms with Gasteiger partial charge in [-0.25, -0.2) is 0 Å². The summed E-state index contributed by atoms with van der Waals surface area (Å²) in [5.74, 6) is 1.13. The largest absolute Gasteiger partial charge is 0.389 e. The summed E-state index contributed by atoms with van der Waals surface area (Å²) in [6.07, 6.45) is 0. The molecule has 23 heavy (non-hydrogen) atoms. The Labute approximate surface area is 136 Å². The molecule has 1 aromatic carbocycles. The molecule has 0 amide bonds. The standard InChI is InChI=1S/C16H24N6O/c1-11(22(4)10-16(2,3)23)13-19-14(17)21-15(20-13)18-12-8-6-5-7-9-12/h5-9,11,23H,10H2,1-4H3,(H3,17,18,19,20,21). The Kier molecular flexibility index (Phi) is 5.12. The summed E-state index contributed by atoms with van der Waals surface area (Å²) in [4.78, 5) is 14.8. The SMILES string of the molecule is CC(c1nc(N)nc(Nc2ccccc2)n1)N(C)CC(C)(C)O. The molecule has 7 heteroatoms. The molecule has 0 bridgehead atoms. The molecule has 1 unspecified atom stereocenters. The van der Waals surface area contributed by atoms with Gasteiger partial charge in [0.1, 0.15) is 0 Å². The summed E-state index contributed by atoms with van der Waals surface area (Å²) in [6.45, 7) is 5.98. The molecule has 0 fully saturated rings. The van der Waals surface area contributed by atoms with E-state index in [2.05, 4.69) is 20.3 Å². The predicted molar refractivity (Wildman–Crippen MR) is 91.3 cm³/mol. The van der Waals surface area contributed by atoms with E-state index in [9.17, 15) is 5.11 Å². The highest BCUT2D eigenvalue weighted by Crippen LogP contribution is 2.20. The summed E-state index contributed by atoms with van der Waals surface area (Å²) < 4.78 is 0. The molecule has 1 aromatic heterocycles. The normalized spacial score (nSPS) is 13.1. The topological polar surface area (TPSA) is 100 Å². The van der Waals surface area contributed by atoms with Crippen LogP contribution in [0, 0.1) is 0 Å². The second-order valence-electron chi connectivity index (χ2n) is 6.27. The molecule has 124 valence electrons. The van der Waals surface area contributed by atoms with Crippen LogP contribution in [0.15, 0.2) is 30.3 Å². The smallest absolute Gasteiger partial charge is 0.232 e. The second kappa shape index (κ2) is 6.89. The van der Waals surface area contributed by atoms with Crippen LogP contribution in [0.3, 0.4) is 0 Å². The lowest BCUT2D eigenvalue weighted by atomic mass is 10.1. The Bertz CT molecular complexity index is 641. The minimum absolute atomic E-state index is 0.108. The third-order valence-corrected chi connectivity index (χ3v) is 3.37. The zero-order valence-electron chi connectivity index (χ0n) is 14.0. The van der Waals surface area contributed by atoms with Gasteiger partial charge < -0.3 is 16.2 Å². The average Bonchev–Trinajstić information content (AvgIpc) is 2.45. The third kappa shape index (κ3) is 5.15. The maximum absolute atomic E-state index is 9.96. The molecule has 7 nitrogen and oxygen atoms in total. The van der Waals surface area contributed by atoms with Crippen LogP contribution < -0.4 is 11.1 Å². The van der Waals surface area contributed by atoms with Gasteiger partial charge in [-0.05, 0) is 40.0 Å². The molecule has 0 saturated heterocycles. The highest BCUT2D eigenvalue weighted by atomic mass is 16.3. The van der Waals surface area contributed by atoms with Crippen LogP contribution in [0.5, 0.6) is 0 Å². The van der Waals surface area contributed by atoms with E-state index >= 15 is 0 Å². The number of hydrogen-bond acceptors (Lipinski definition) is 7. The number of nitrogen functional groups attached to an aromatic ring is 1. The van der Waals surface area contributed by atoms with Gasteiger partial charge >= 0.3 is 0 Å². The van der Waals surface area contributed by atoms with Gasteiger partial charge in [-0.15, -0.1) is 0 Å². The van der Waals surface area contributed by atoms with Crippen molar-refractivity contribution in [2.75, 3.05) is 24.6 Å². The summed E-state index contributed by atoms with van der Waals surface area (Å²) in [5, 5.41) is 13.1. The van der Waals surface area contributed by atoms with E-state index in [0.717, 1.165) is 5.69 Å². The molecule has 0 saturated carbocycles. The highest BCUT2D eigenvalue weighted by Gasteiger charge is 2.22. The summed E-state index contributed by atoms with van der Waals surface area (Å²) >= 11 is 0. The third-order valence-electron chi connectivity index (χ3n) is 3.37. The van der Waals surface area contributed by atoms with Gasteiger partial charge in [0.25, 0.3) is 0 Å². The van der Waals surface area contributed by atoms with Crippen LogP contribution in [-0.4, -0.2) is 44.2 Å². The maximum Gasteiger partial charge on any atom is 0.232 e. The highest BCUT2D eigenvalue weighted by molar-refractivity contribution is 5.53. The van der Waals surface area contributed by atoms with Crippen LogP contribution in [0.4, 0.5) is 17.6 Å². The van der Waals surface area contributed by atoms with Gasteiger partial charge in [0.05, 0.1) is 11.6 Å². The van der Waals surface area contributed by atoms with Crippen molar-refractivity contribution in [2.24, 2.45) is 0 Å². The minimum Gasteiger partial charge on any atom is -0.389 e. The van der Waals surface area contributed by atoms with Crippen molar-refractivity contribution in [3.8, 4) is 0 Å². The number of likely N-dealkylation sites (N-methyl/N-ethyl adjacent to an activating group) is 1. The first-order valence-electron chi connectivity index (χ1n) is 7.51. The maximum atomic E-state index is 9.96. The van der Waals surface area contributed by atoms with Crippen molar-refractivity contribution in [1.82, 2.24) is 19.9 Å². The predicted octanol–water partition coefficient (Wildman–Crippen LogP) is 1.96. The van der Waals surface area contributed by atoms with E-state index in [-0.39, 0.29) is 12.0 Å². The Morgan fingerprint density at radius 3 is 2.48 bits per heavy atom. The van der Waals surface area contributed by atoms with Gasteiger partial charge in [0.2, 0.25) is 11.9 Å². The van der Waals surface area contributed by atoms with E-state index in [4.69, 9.17) is 5.73 Å². The van der Waals surface area contributed by atoms with Crippen molar-refractivity contribution in [1.29, 1.82) is 0 Å². The number of hydrogen-bond donors (Lipinski definition) is 3. The van der Waals surface area contributed by atoms with Gasteiger partial charge in [-0.1, -0.05) is 18.2 Å². The van der Waals surface area contributed by atoms with Crippen molar-refractivity contribution in [3.05, 3.63) is 36.2 Å². The average molecular weight is 316 g/mol. The molecule has 2 rings (SSSR count). The van der Waals surface area contributed by atoms with E-state index in [1.54, 1.807) is 13.8 Å². The minimum atomic E-state index is -0.799. The number of benzene rings is 1. The molecular formula is C16H24N6O. The molecule has 0 aliphatic heterocycles. The van der Waals surface area contributed by atoms with Crippen LogP contribution in [0.1, 0.15) is 32.6 Å². The molecule has 0 aliphatic rings. The monoisotopic (exact) mass is 316 g/mol. The van der Waals surface area contributed by atoms with E-state index in [0.29, 0.717) is 18.3 Å². The van der Waals surface area contributed by atoms with E-state index in [1.165, 1.54) is 0 Å². The number of rotatable bonds is 6. The Hall–Kier alpha value is -2.25. The number of aromatic nitrogens is 3. The fourth-order valence-corrected chi connectivity index (χ4v) is 2.25. The molecule has 1 atom stereocenters. The first-order valence-corrected chi connectivity index (χ1v) is 7.51. The van der Waals surface area contributed by atoms with Crippen molar-refractivity contribution >= 4 is 17.6 Å². The molecular weight excluding hydrogens is 292 g/mol. The number of para-hydroxylation sites is 1. The van der Waals surface area contributed by atoms with Crippen molar-refractivity contribution < 1.29 is 5.11 Å². The summed E-state index contributed by atoms with van der Waals surface area (Å²) in [7, 11) is 1.91. The van der Waals surface area contributed by atoms with Gasteiger partial charge in [0, 0.05) is 12.2 Å². The lowest BCUT2D eigenvalue weighted by molar-refractivity contribution is 0.0323. The second-order valence-corrected chi connectivity index (χ2v) is 6.27. The molecule has 0 spiro atoms. The zero-order chi connectivity index (χ0) is 17.0. The Morgan fingerprint density at radius 1 is 1.22 bits per heavy atom. The number of nitrogens with one attached hydrogen (secondary N) is 1. The van der Waals surface area contributed by atoms with Crippen LogP contribution >= 0.6 is 0 Å². The summed E-state index contributed by atoms with van der Waals surface area (Å²) in [5.41, 5.74) is 5.89. The first kappa shape index (κ1) is 17.1. The molecule has 4 N–H and O–H groups in total. The zero-order valence-corrected chi connectivity index (χ0v) is 14.0. The van der Waals surface area contributed by atoms with E-state index in [1.807, 2.05) is 49.2 Å². The lowest BCUT2D eigenvalue weighted by Gasteiger charge is -2.29. The van der Waals surface area contributed by atoms with E-state index < -0.39 is 5.60 Å². The van der Waals surface area contributed by atoms with Crippen molar-refractivity contribution in [2.45, 2.75) is 32.4 Å². The van der Waals surface area contributed by atoms with Gasteiger partial charge in [-0.3, -0.25) is 4.90 Å². The quantitative estimate of drug-likeness (QED) is 0.749. The molecule has 2 aromatic rings. The van der Waals surface area contributed by atoms with Gasteiger partial charge in [-0.2, -0.15) is 15.0 Å². The fourth-order valence-electron chi connectivity index (χ4n) is 2.25. The summed E-state index contributed by atoms with van der Waals surface area (Å²) in [6, 6.07) is 9.52. The fraction of sp³-hybridized carbons (Fsp3) is 0.438. The van der Waals surface area contributed by atoms with Crippen molar-refractivity contribution in [3.63, 3.8) is 0 Å². The number of nitrogens with zero attached hydrogens (tertiary/aromatic N) is 4. The molecule has 1 heterocycles. The lowest BCUT2D eigenvalue weighted by Crippen LogP contribution is -2.38. The first-order chi connectivity index (χ1) is 10.7. The molecule has 0 aliphatic carbocycles. The number of nitrogens with two attached hydrogens (primary N) is 1. The van der Waals surface area contributed by atoms with Gasteiger partial charge in [0.15, 0.2) is 5.82 Å². The Balaban J connectivity index is 2.19. The molecule has 0 radical (unpaired) electrons. The van der Waals surface area contributed by atoms with Crippen LogP contribution in [0.25, 0.3) is 0 Å². The number of aliphatic hydroxyl groups is 1. The van der Waals surface area contributed by atoms with Crippen LogP contribution in [-0.2, 0) is 0 Å².